The van der Waals surface area contributed by atoms with Crippen LogP contribution in [-0.2, 0) is 4.79 Å². The zero-order valence-electron chi connectivity index (χ0n) is 14.0. The third-order valence-electron chi connectivity index (χ3n) is 5.33. The fourth-order valence-corrected chi connectivity index (χ4v) is 3.33. The molecule has 0 radical (unpaired) electrons. The van der Waals surface area contributed by atoms with Crippen molar-refractivity contribution in [3.63, 3.8) is 0 Å². The fraction of sp³-hybridized carbons (Fsp3) is 0.867. The smallest absolute Gasteiger partial charge is 0.236 e. The number of amidine groups is 1. The summed E-state index contributed by atoms with van der Waals surface area (Å²) in [5.74, 6) is -0.0483. The number of likely N-dealkylation sites (N-methyl/N-ethyl adjacent to an activating group) is 2. The minimum absolute atomic E-state index is 0.0110. The van der Waals surface area contributed by atoms with E-state index in [2.05, 4.69) is 24.2 Å². The molecular weight excluding hydrogens is 268 g/mol. The first-order valence-corrected chi connectivity index (χ1v) is 7.70. The molecule has 1 aliphatic rings. The van der Waals surface area contributed by atoms with Crippen LogP contribution in [0.25, 0.3) is 0 Å². The van der Waals surface area contributed by atoms with Crippen LogP contribution in [0.15, 0.2) is 5.16 Å². The number of amides is 1. The first-order valence-electron chi connectivity index (χ1n) is 7.70. The molecule has 6 heteroatoms. The van der Waals surface area contributed by atoms with Crippen molar-refractivity contribution in [1.29, 1.82) is 0 Å². The molecule has 0 aromatic heterocycles. The minimum atomic E-state index is -0.902. The van der Waals surface area contributed by atoms with E-state index < -0.39 is 5.41 Å². The number of nitrogens with zero attached hydrogens (tertiary/aromatic N) is 3. The Kier molecular flexibility index (Phi) is 5.61. The summed E-state index contributed by atoms with van der Waals surface area (Å²) in [4.78, 5) is 16.9. The van der Waals surface area contributed by atoms with Gasteiger partial charge in [-0.2, -0.15) is 0 Å². The SMILES string of the molecule is CCC(CC)(C(=O)N(C)CC1(N(C)C)CCC1)C(N)=NO. The molecule has 1 amide bonds. The largest absolute Gasteiger partial charge is 0.409 e. The van der Waals surface area contributed by atoms with Crippen molar-refractivity contribution in [2.75, 3.05) is 27.7 Å². The number of carbonyl (C=O) groups excluding carboxylic acids is 1. The zero-order valence-corrected chi connectivity index (χ0v) is 14.0. The molecule has 1 aliphatic carbocycles. The van der Waals surface area contributed by atoms with E-state index in [-0.39, 0.29) is 17.3 Å². The monoisotopic (exact) mass is 298 g/mol. The van der Waals surface area contributed by atoms with Crippen molar-refractivity contribution in [1.82, 2.24) is 9.80 Å². The van der Waals surface area contributed by atoms with Gasteiger partial charge in [-0.3, -0.25) is 4.79 Å². The van der Waals surface area contributed by atoms with Crippen LogP contribution in [0, 0.1) is 5.41 Å². The van der Waals surface area contributed by atoms with Crippen molar-refractivity contribution in [2.24, 2.45) is 16.3 Å². The maximum Gasteiger partial charge on any atom is 0.236 e. The maximum atomic E-state index is 12.9. The Balaban J connectivity index is 2.94. The molecule has 1 fully saturated rings. The van der Waals surface area contributed by atoms with E-state index in [4.69, 9.17) is 10.9 Å². The summed E-state index contributed by atoms with van der Waals surface area (Å²) in [6.07, 6.45) is 4.46. The van der Waals surface area contributed by atoms with E-state index in [1.54, 1.807) is 4.90 Å². The molecule has 0 heterocycles. The Morgan fingerprint density at radius 3 is 2.10 bits per heavy atom. The second-order valence-corrected chi connectivity index (χ2v) is 6.41. The number of carbonyl (C=O) groups is 1. The third kappa shape index (κ3) is 3.00. The van der Waals surface area contributed by atoms with E-state index in [1.165, 1.54) is 6.42 Å². The van der Waals surface area contributed by atoms with Gasteiger partial charge in [0.25, 0.3) is 0 Å². The normalized spacial score (nSPS) is 18.5. The van der Waals surface area contributed by atoms with Crippen molar-refractivity contribution in [3.05, 3.63) is 0 Å². The number of nitrogens with two attached hydrogens (primary N) is 1. The maximum absolute atomic E-state index is 12.9. The van der Waals surface area contributed by atoms with Gasteiger partial charge in [0, 0.05) is 19.1 Å². The second-order valence-electron chi connectivity index (χ2n) is 6.41. The quantitative estimate of drug-likeness (QED) is 0.323. The summed E-state index contributed by atoms with van der Waals surface area (Å²) >= 11 is 0. The molecule has 0 spiro atoms. The molecular formula is C15H30N4O2. The first-order chi connectivity index (χ1) is 9.79. The van der Waals surface area contributed by atoms with Gasteiger partial charge >= 0.3 is 0 Å². The molecule has 21 heavy (non-hydrogen) atoms. The van der Waals surface area contributed by atoms with Gasteiger partial charge in [-0.1, -0.05) is 19.0 Å². The fourth-order valence-electron chi connectivity index (χ4n) is 3.33. The highest BCUT2D eigenvalue weighted by molar-refractivity contribution is 6.06. The van der Waals surface area contributed by atoms with Crippen LogP contribution >= 0.6 is 0 Å². The topological polar surface area (TPSA) is 82.2 Å². The number of hydrogen-bond donors (Lipinski definition) is 2. The van der Waals surface area contributed by atoms with Gasteiger partial charge < -0.3 is 20.7 Å². The van der Waals surface area contributed by atoms with Crippen LogP contribution < -0.4 is 5.73 Å². The summed E-state index contributed by atoms with van der Waals surface area (Å²) in [5.41, 5.74) is 4.99. The van der Waals surface area contributed by atoms with Gasteiger partial charge in [0.05, 0.1) is 0 Å². The molecule has 1 saturated carbocycles. The Hall–Kier alpha value is -1.30. The lowest BCUT2D eigenvalue weighted by atomic mass is 9.74. The van der Waals surface area contributed by atoms with Crippen LogP contribution in [-0.4, -0.2) is 60.0 Å². The van der Waals surface area contributed by atoms with Crippen molar-refractivity contribution >= 4 is 11.7 Å². The summed E-state index contributed by atoms with van der Waals surface area (Å²) < 4.78 is 0. The van der Waals surface area contributed by atoms with Crippen molar-refractivity contribution < 1.29 is 10.0 Å². The van der Waals surface area contributed by atoms with E-state index in [0.29, 0.717) is 19.4 Å². The average molecular weight is 298 g/mol. The number of oxime groups is 1. The van der Waals surface area contributed by atoms with Gasteiger partial charge in [0.15, 0.2) is 5.84 Å². The van der Waals surface area contributed by atoms with Crippen molar-refractivity contribution in [2.45, 2.75) is 51.5 Å². The Labute approximate surface area is 128 Å². The van der Waals surface area contributed by atoms with E-state index in [9.17, 15) is 4.79 Å². The molecule has 0 atom stereocenters. The molecule has 0 unspecified atom stereocenters. The van der Waals surface area contributed by atoms with Gasteiger partial charge in [0.1, 0.15) is 5.41 Å². The lowest BCUT2D eigenvalue weighted by molar-refractivity contribution is -0.140. The lowest BCUT2D eigenvalue weighted by Crippen LogP contribution is -2.60. The van der Waals surface area contributed by atoms with Crippen LogP contribution in [0.3, 0.4) is 0 Å². The van der Waals surface area contributed by atoms with Crippen LogP contribution in [0.4, 0.5) is 0 Å². The predicted octanol–water partition coefficient (Wildman–Crippen LogP) is 1.48. The van der Waals surface area contributed by atoms with Crippen LogP contribution in [0.1, 0.15) is 46.0 Å². The van der Waals surface area contributed by atoms with Gasteiger partial charge in [0.2, 0.25) is 5.91 Å². The first kappa shape index (κ1) is 17.8. The zero-order chi connectivity index (χ0) is 16.3. The minimum Gasteiger partial charge on any atom is -0.409 e. The van der Waals surface area contributed by atoms with E-state index in [1.807, 2.05) is 20.9 Å². The van der Waals surface area contributed by atoms with Gasteiger partial charge in [-0.25, -0.2) is 0 Å². The Morgan fingerprint density at radius 2 is 1.81 bits per heavy atom. The highest BCUT2D eigenvalue weighted by Gasteiger charge is 2.46. The van der Waals surface area contributed by atoms with Crippen LogP contribution in [0.5, 0.6) is 0 Å². The van der Waals surface area contributed by atoms with Gasteiger partial charge in [-0.05, 0) is 46.2 Å². The van der Waals surface area contributed by atoms with Crippen molar-refractivity contribution in [3.8, 4) is 0 Å². The molecule has 0 aromatic carbocycles. The molecule has 0 aromatic rings. The molecule has 3 N–H and O–H groups in total. The van der Waals surface area contributed by atoms with Crippen LogP contribution in [0.2, 0.25) is 0 Å². The number of hydrogen-bond acceptors (Lipinski definition) is 4. The molecule has 0 saturated heterocycles. The summed E-state index contributed by atoms with van der Waals surface area (Å²) in [6.45, 7) is 4.48. The average Bonchev–Trinajstić information content (AvgIpc) is 2.43. The highest BCUT2D eigenvalue weighted by atomic mass is 16.4. The summed E-state index contributed by atoms with van der Waals surface area (Å²) in [6, 6.07) is 0. The van der Waals surface area contributed by atoms with E-state index >= 15 is 0 Å². The Bertz CT molecular complexity index is 398. The van der Waals surface area contributed by atoms with E-state index in [0.717, 1.165) is 12.8 Å². The summed E-state index contributed by atoms with van der Waals surface area (Å²) in [7, 11) is 5.94. The highest BCUT2D eigenvalue weighted by Crippen LogP contribution is 2.38. The van der Waals surface area contributed by atoms with Gasteiger partial charge in [-0.15, -0.1) is 0 Å². The lowest BCUT2D eigenvalue weighted by Gasteiger charge is -2.50. The molecule has 122 valence electrons. The second kappa shape index (κ2) is 6.64. The molecule has 1 rings (SSSR count). The summed E-state index contributed by atoms with van der Waals surface area (Å²) in [5, 5.41) is 12.1. The molecule has 0 aliphatic heterocycles. The number of rotatable bonds is 7. The third-order valence-corrected chi connectivity index (χ3v) is 5.33. The molecule has 6 nitrogen and oxygen atoms in total. The predicted molar refractivity (Wildman–Crippen MR) is 84.3 cm³/mol. The standard InChI is InChI=1S/C15H30N4O2/c1-6-15(7-2,12(16)17-21)13(20)19(5)11-14(18(3)4)9-8-10-14/h21H,6-11H2,1-5H3,(H2,16,17). The Morgan fingerprint density at radius 1 is 1.29 bits per heavy atom. The molecule has 0 bridgehead atoms.